The Labute approximate surface area is 81.7 Å². The van der Waals surface area contributed by atoms with E-state index in [9.17, 15) is 4.79 Å². The molecule has 3 heteroatoms. The first-order valence-electron chi connectivity index (χ1n) is 4.32. The maximum absolute atomic E-state index is 11.3. The van der Waals surface area contributed by atoms with Gasteiger partial charge in [-0.2, -0.15) is 0 Å². The van der Waals surface area contributed by atoms with Gasteiger partial charge in [-0.05, 0) is 12.1 Å². The molecule has 0 N–H and O–H groups in total. The molecule has 1 heterocycles. The summed E-state index contributed by atoms with van der Waals surface area (Å²) in [6.45, 7) is 0. The Morgan fingerprint density at radius 1 is 1.21 bits per heavy atom. The molecule has 0 radical (unpaired) electrons. The number of aliphatic imine (C=N–C) groups is 1. The van der Waals surface area contributed by atoms with Gasteiger partial charge in [-0.3, -0.25) is 9.79 Å². The van der Waals surface area contributed by atoms with Crippen molar-refractivity contribution in [2.45, 2.75) is 6.10 Å². The van der Waals surface area contributed by atoms with Crippen LogP contribution in [0.15, 0.2) is 47.6 Å². The van der Waals surface area contributed by atoms with Crippen molar-refractivity contribution in [1.82, 2.24) is 0 Å². The highest BCUT2D eigenvalue weighted by Gasteiger charge is 2.17. The van der Waals surface area contributed by atoms with Gasteiger partial charge in [0.15, 0.2) is 6.10 Å². The number of carbonyl (C=O) groups is 1. The Bertz CT molecular complexity index is 382. The van der Waals surface area contributed by atoms with Crippen molar-refractivity contribution in [3.05, 3.63) is 42.6 Å². The minimum Gasteiger partial charge on any atom is -0.477 e. The summed E-state index contributed by atoms with van der Waals surface area (Å²) in [4.78, 5) is 15.1. The van der Waals surface area contributed by atoms with Gasteiger partial charge in [-0.1, -0.05) is 18.2 Å². The average Bonchev–Trinajstić information content (AvgIpc) is 2.23. The third-order valence-electron chi connectivity index (χ3n) is 1.83. The SMILES string of the molecule is O=C1C=CN=CC1Oc1ccccc1. The molecule has 2 rings (SSSR count). The first-order valence-corrected chi connectivity index (χ1v) is 4.32. The van der Waals surface area contributed by atoms with Crippen LogP contribution in [0.25, 0.3) is 0 Å². The fourth-order valence-corrected chi connectivity index (χ4v) is 1.15. The standard InChI is InChI=1S/C11H9NO2/c13-10-6-7-12-8-11(10)14-9-4-2-1-3-5-9/h1-8,11H. The number of ketones is 1. The van der Waals surface area contributed by atoms with Crippen molar-refractivity contribution in [2.75, 3.05) is 0 Å². The molecule has 0 spiro atoms. The zero-order chi connectivity index (χ0) is 9.80. The molecule has 0 amide bonds. The molecule has 1 aromatic rings. The maximum Gasteiger partial charge on any atom is 0.203 e. The summed E-state index contributed by atoms with van der Waals surface area (Å²) in [5.74, 6) is 0.594. The zero-order valence-corrected chi connectivity index (χ0v) is 7.46. The van der Waals surface area contributed by atoms with Crippen molar-refractivity contribution in [3.63, 3.8) is 0 Å². The Balaban J connectivity index is 2.09. The molecule has 14 heavy (non-hydrogen) atoms. The van der Waals surface area contributed by atoms with Crippen molar-refractivity contribution in [1.29, 1.82) is 0 Å². The molecule has 1 aromatic carbocycles. The Kier molecular flexibility index (Phi) is 2.40. The van der Waals surface area contributed by atoms with Gasteiger partial charge in [0, 0.05) is 12.3 Å². The van der Waals surface area contributed by atoms with Gasteiger partial charge < -0.3 is 4.74 Å². The third-order valence-corrected chi connectivity index (χ3v) is 1.83. The normalized spacial score (nSPS) is 19.7. The largest absolute Gasteiger partial charge is 0.477 e. The molecule has 0 aliphatic carbocycles. The van der Waals surface area contributed by atoms with Gasteiger partial charge in [0.25, 0.3) is 0 Å². The van der Waals surface area contributed by atoms with Crippen LogP contribution in [0.4, 0.5) is 0 Å². The van der Waals surface area contributed by atoms with Crippen molar-refractivity contribution in [2.24, 2.45) is 4.99 Å². The Hall–Kier alpha value is -1.90. The van der Waals surface area contributed by atoms with Crippen molar-refractivity contribution >= 4 is 12.0 Å². The predicted molar refractivity (Wildman–Crippen MR) is 53.5 cm³/mol. The van der Waals surface area contributed by atoms with Gasteiger partial charge in [0.2, 0.25) is 5.78 Å². The summed E-state index contributed by atoms with van der Waals surface area (Å²) in [6, 6.07) is 9.22. The second-order valence-electron chi connectivity index (χ2n) is 2.87. The first-order chi connectivity index (χ1) is 6.86. The maximum atomic E-state index is 11.3. The molecule has 0 aromatic heterocycles. The number of para-hydroxylation sites is 1. The van der Waals surface area contributed by atoms with Crippen LogP contribution >= 0.6 is 0 Å². The monoisotopic (exact) mass is 187 g/mol. The van der Waals surface area contributed by atoms with Crippen LogP contribution in [0.2, 0.25) is 0 Å². The van der Waals surface area contributed by atoms with E-state index >= 15 is 0 Å². The molecule has 0 saturated carbocycles. The lowest BCUT2D eigenvalue weighted by Gasteiger charge is -2.13. The number of benzene rings is 1. The van der Waals surface area contributed by atoms with Crippen LogP contribution < -0.4 is 4.74 Å². The average molecular weight is 187 g/mol. The van der Waals surface area contributed by atoms with E-state index in [4.69, 9.17) is 4.74 Å². The van der Waals surface area contributed by atoms with Crippen LogP contribution in [0.1, 0.15) is 0 Å². The highest BCUT2D eigenvalue weighted by molar-refractivity contribution is 6.06. The fraction of sp³-hybridized carbons (Fsp3) is 0.0909. The summed E-state index contributed by atoms with van der Waals surface area (Å²) in [5.41, 5.74) is 0. The highest BCUT2D eigenvalue weighted by atomic mass is 16.5. The third kappa shape index (κ3) is 1.88. The van der Waals surface area contributed by atoms with E-state index in [0.717, 1.165) is 0 Å². The van der Waals surface area contributed by atoms with E-state index in [1.807, 2.05) is 18.2 Å². The lowest BCUT2D eigenvalue weighted by atomic mass is 10.2. The second kappa shape index (κ2) is 3.87. The fourth-order valence-electron chi connectivity index (χ4n) is 1.15. The van der Waals surface area contributed by atoms with Gasteiger partial charge in [0.1, 0.15) is 5.75 Å². The van der Waals surface area contributed by atoms with Gasteiger partial charge in [-0.15, -0.1) is 0 Å². The predicted octanol–water partition coefficient (Wildman–Crippen LogP) is 1.60. The molecular formula is C11H9NO2. The number of ether oxygens (including phenoxy) is 1. The molecular weight excluding hydrogens is 178 g/mol. The van der Waals surface area contributed by atoms with E-state index in [1.165, 1.54) is 18.5 Å². The Morgan fingerprint density at radius 2 is 2.00 bits per heavy atom. The molecule has 70 valence electrons. The number of nitrogens with zero attached hydrogens (tertiary/aromatic N) is 1. The summed E-state index contributed by atoms with van der Waals surface area (Å²) in [6.07, 6.45) is 3.79. The van der Waals surface area contributed by atoms with E-state index in [1.54, 1.807) is 12.1 Å². The lowest BCUT2D eigenvalue weighted by Crippen LogP contribution is -2.28. The van der Waals surface area contributed by atoms with Crippen LogP contribution in [0.5, 0.6) is 5.75 Å². The highest BCUT2D eigenvalue weighted by Crippen LogP contribution is 2.11. The van der Waals surface area contributed by atoms with E-state index < -0.39 is 6.10 Å². The number of hydrogen-bond donors (Lipinski definition) is 0. The van der Waals surface area contributed by atoms with Crippen molar-refractivity contribution in [3.8, 4) is 5.75 Å². The van der Waals surface area contributed by atoms with E-state index in [0.29, 0.717) is 5.75 Å². The molecule has 0 fully saturated rings. The molecule has 1 unspecified atom stereocenters. The first kappa shape index (κ1) is 8.69. The minimum atomic E-state index is -0.581. The molecule has 0 bridgehead atoms. The van der Waals surface area contributed by atoms with Gasteiger partial charge in [0.05, 0.1) is 6.21 Å². The summed E-state index contributed by atoms with van der Waals surface area (Å²) >= 11 is 0. The summed E-state index contributed by atoms with van der Waals surface area (Å²) in [7, 11) is 0. The Morgan fingerprint density at radius 3 is 2.71 bits per heavy atom. The summed E-state index contributed by atoms with van der Waals surface area (Å²) < 4.78 is 5.42. The van der Waals surface area contributed by atoms with Crippen LogP contribution in [0, 0.1) is 0 Å². The second-order valence-corrected chi connectivity index (χ2v) is 2.87. The van der Waals surface area contributed by atoms with Gasteiger partial charge in [-0.25, -0.2) is 0 Å². The van der Waals surface area contributed by atoms with Crippen molar-refractivity contribution < 1.29 is 9.53 Å². The van der Waals surface area contributed by atoms with Crippen LogP contribution in [-0.4, -0.2) is 18.1 Å². The number of carbonyl (C=O) groups excluding carboxylic acids is 1. The topological polar surface area (TPSA) is 38.7 Å². The number of hydrogen-bond acceptors (Lipinski definition) is 3. The van der Waals surface area contributed by atoms with Gasteiger partial charge >= 0.3 is 0 Å². The quantitative estimate of drug-likeness (QED) is 0.705. The molecule has 1 atom stereocenters. The van der Waals surface area contributed by atoms with E-state index in [-0.39, 0.29) is 5.78 Å². The number of rotatable bonds is 2. The van der Waals surface area contributed by atoms with E-state index in [2.05, 4.69) is 4.99 Å². The van der Waals surface area contributed by atoms with Crippen LogP contribution in [-0.2, 0) is 4.79 Å². The summed E-state index contributed by atoms with van der Waals surface area (Å²) in [5, 5.41) is 0. The molecule has 0 saturated heterocycles. The molecule has 1 aliphatic heterocycles. The lowest BCUT2D eigenvalue weighted by molar-refractivity contribution is -0.118. The zero-order valence-electron chi connectivity index (χ0n) is 7.46. The minimum absolute atomic E-state index is 0.0798. The van der Waals surface area contributed by atoms with Crippen LogP contribution in [0.3, 0.4) is 0 Å². The molecule has 1 aliphatic rings. The molecule has 3 nitrogen and oxygen atoms in total. The smallest absolute Gasteiger partial charge is 0.203 e.